The molecule has 0 radical (unpaired) electrons. The van der Waals surface area contributed by atoms with E-state index in [4.69, 9.17) is 18.2 Å². The van der Waals surface area contributed by atoms with Crippen LogP contribution in [0.15, 0.2) is 36.5 Å². The Morgan fingerprint density at radius 3 is 2.88 bits per heavy atom. The summed E-state index contributed by atoms with van der Waals surface area (Å²) in [5.74, 6) is -0.278. The quantitative estimate of drug-likeness (QED) is 0.463. The molecule has 0 unspecified atom stereocenters. The molecule has 0 aliphatic rings. The van der Waals surface area contributed by atoms with Gasteiger partial charge in [0.15, 0.2) is 5.69 Å². The fourth-order valence-corrected chi connectivity index (χ4v) is 1.47. The van der Waals surface area contributed by atoms with Gasteiger partial charge in [0.1, 0.15) is 5.69 Å². The lowest BCUT2D eigenvalue weighted by Crippen LogP contribution is -2.04. The molecule has 0 fully saturated rings. The molecule has 82 valence electrons. The number of halogens is 1. The molecule has 1 heterocycles. The van der Waals surface area contributed by atoms with Crippen molar-refractivity contribution in [2.45, 2.75) is 0 Å². The monoisotopic (exact) mass is 243 g/mol. The van der Waals surface area contributed by atoms with Gasteiger partial charge in [-0.25, -0.2) is 14.8 Å². The van der Waals surface area contributed by atoms with Crippen LogP contribution < -0.4 is 0 Å². The van der Waals surface area contributed by atoms with Crippen LogP contribution in [0.5, 0.6) is 0 Å². The van der Waals surface area contributed by atoms with E-state index < -0.39 is 0 Å². The Kier molecular flexibility index (Phi) is 3.12. The summed E-state index contributed by atoms with van der Waals surface area (Å²) in [5.41, 5.74) is 1.04. The topological polar surface area (TPSA) is 47.2 Å². The van der Waals surface area contributed by atoms with E-state index in [0.717, 1.165) is 0 Å². The van der Waals surface area contributed by atoms with Crippen molar-refractivity contribution >= 4 is 23.1 Å². The molecule has 0 aliphatic heterocycles. The Hall–Kier alpha value is -2.25. The Balaban J connectivity index is 2.41. The van der Waals surface area contributed by atoms with Crippen LogP contribution in [-0.2, 0) is 0 Å². The molecule has 0 saturated heterocycles. The normalized spacial score (nSPS) is 9.65. The Bertz CT molecular complexity index is 619. The average molecular weight is 244 g/mol. The first-order chi connectivity index (χ1) is 8.20. The van der Waals surface area contributed by atoms with Crippen molar-refractivity contribution in [1.82, 2.24) is 9.97 Å². The SMILES string of the molecule is [C-]#[N+]c1cccc(C(=O)c2ccnc(Cl)n2)c1. The summed E-state index contributed by atoms with van der Waals surface area (Å²) in [7, 11) is 0. The Morgan fingerprint density at radius 2 is 2.18 bits per heavy atom. The van der Waals surface area contributed by atoms with Crippen LogP contribution in [0.3, 0.4) is 0 Å². The average Bonchev–Trinajstić information content (AvgIpc) is 2.38. The first-order valence-corrected chi connectivity index (χ1v) is 5.09. The number of carbonyl (C=O) groups excluding carboxylic acids is 1. The van der Waals surface area contributed by atoms with Crippen molar-refractivity contribution < 1.29 is 4.79 Å². The second-order valence-electron chi connectivity index (χ2n) is 3.20. The van der Waals surface area contributed by atoms with Crippen LogP contribution in [0.1, 0.15) is 16.1 Å². The molecule has 4 nitrogen and oxygen atoms in total. The van der Waals surface area contributed by atoms with Crippen molar-refractivity contribution in [2.75, 3.05) is 0 Å². The van der Waals surface area contributed by atoms with Gasteiger partial charge in [-0.2, -0.15) is 0 Å². The Morgan fingerprint density at radius 1 is 1.35 bits per heavy atom. The fourth-order valence-electron chi connectivity index (χ4n) is 1.33. The fraction of sp³-hybridized carbons (Fsp3) is 0. The molecule has 0 saturated carbocycles. The van der Waals surface area contributed by atoms with Crippen LogP contribution >= 0.6 is 11.6 Å². The van der Waals surface area contributed by atoms with E-state index in [-0.39, 0.29) is 16.8 Å². The minimum atomic E-state index is -0.278. The highest BCUT2D eigenvalue weighted by Gasteiger charge is 2.11. The van der Waals surface area contributed by atoms with Gasteiger partial charge in [-0.15, -0.1) is 0 Å². The van der Waals surface area contributed by atoms with Crippen molar-refractivity contribution in [3.05, 3.63) is 64.5 Å². The molecule has 0 spiro atoms. The minimum Gasteiger partial charge on any atom is -0.287 e. The van der Waals surface area contributed by atoms with Crippen molar-refractivity contribution in [3.63, 3.8) is 0 Å². The molecule has 0 atom stereocenters. The first-order valence-electron chi connectivity index (χ1n) is 4.71. The number of hydrogen-bond donors (Lipinski definition) is 0. The van der Waals surface area contributed by atoms with E-state index in [9.17, 15) is 4.79 Å². The molecule has 17 heavy (non-hydrogen) atoms. The van der Waals surface area contributed by atoms with Gasteiger partial charge in [0, 0.05) is 11.8 Å². The maximum atomic E-state index is 12.0. The number of benzene rings is 1. The lowest BCUT2D eigenvalue weighted by molar-refractivity contribution is 0.103. The van der Waals surface area contributed by atoms with Crippen LogP contribution in [0.4, 0.5) is 5.69 Å². The maximum Gasteiger partial charge on any atom is 0.222 e. The summed E-state index contributed by atoms with van der Waals surface area (Å²) >= 11 is 5.61. The van der Waals surface area contributed by atoms with Crippen LogP contribution in [-0.4, -0.2) is 15.8 Å². The van der Waals surface area contributed by atoms with Gasteiger partial charge < -0.3 is 0 Å². The highest BCUT2D eigenvalue weighted by atomic mass is 35.5. The second kappa shape index (κ2) is 4.73. The predicted octanol–water partition coefficient (Wildman–Crippen LogP) is 2.91. The molecule has 0 aliphatic carbocycles. The molecule has 2 rings (SSSR count). The highest BCUT2D eigenvalue weighted by Crippen LogP contribution is 2.16. The lowest BCUT2D eigenvalue weighted by atomic mass is 10.1. The smallest absolute Gasteiger partial charge is 0.222 e. The number of nitrogens with zero attached hydrogens (tertiary/aromatic N) is 3. The van der Waals surface area contributed by atoms with Gasteiger partial charge in [0.05, 0.1) is 6.57 Å². The van der Waals surface area contributed by atoms with E-state index in [1.807, 2.05) is 0 Å². The van der Waals surface area contributed by atoms with Crippen molar-refractivity contribution in [3.8, 4) is 0 Å². The number of carbonyl (C=O) groups is 1. The highest BCUT2D eigenvalue weighted by molar-refractivity contribution is 6.28. The molecule has 1 aromatic carbocycles. The largest absolute Gasteiger partial charge is 0.287 e. The summed E-state index contributed by atoms with van der Waals surface area (Å²) in [6, 6.07) is 7.93. The summed E-state index contributed by atoms with van der Waals surface area (Å²) in [5, 5.41) is 0.0252. The molecular formula is C12H6ClN3O. The molecule has 0 amide bonds. The van der Waals surface area contributed by atoms with Gasteiger partial charge in [-0.3, -0.25) is 4.79 Å². The standard InChI is InChI=1S/C12H6ClN3O/c1-14-9-4-2-3-8(7-9)11(17)10-5-6-15-12(13)16-10/h2-7H. The summed E-state index contributed by atoms with van der Waals surface area (Å²) in [6.45, 7) is 6.89. The van der Waals surface area contributed by atoms with E-state index in [0.29, 0.717) is 11.3 Å². The van der Waals surface area contributed by atoms with Crippen molar-refractivity contribution in [1.29, 1.82) is 0 Å². The summed E-state index contributed by atoms with van der Waals surface area (Å²) < 4.78 is 0. The third-order valence-corrected chi connectivity index (χ3v) is 2.28. The lowest BCUT2D eigenvalue weighted by Gasteiger charge is -2.00. The molecule has 1 aromatic heterocycles. The van der Waals surface area contributed by atoms with Gasteiger partial charge in [0.25, 0.3) is 0 Å². The third kappa shape index (κ3) is 2.47. The van der Waals surface area contributed by atoms with Crippen LogP contribution in [0.2, 0.25) is 5.28 Å². The van der Waals surface area contributed by atoms with E-state index in [1.54, 1.807) is 18.2 Å². The molecular weight excluding hydrogens is 238 g/mol. The minimum absolute atomic E-state index is 0.0252. The zero-order chi connectivity index (χ0) is 12.3. The maximum absolute atomic E-state index is 12.0. The van der Waals surface area contributed by atoms with Gasteiger partial charge in [-0.05, 0) is 23.7 Å². The number of aromatic nitrogens is 2. The van der Waals surface area contributed by atoms with Crippen LogP contribution in [0.25, 0.3) is 4.85 Å². The predicted molar refractivity (Wildman–Crippen MR) is 63.2 cm³/mol. The van der Waals surface area contributed by atoms with Crippen LogP contribution in [0, 0.1) is 6.57 Å². The number of rotatable bonds is 2. The third-order valence-electron chi connectivity index (χ3n) is 2.10. The van der Waals surface area contributed by atoms with Gasteiger partial charge in [-0.1, -0.05) is 18.2 Å². The second-order valence-corrected chi connectivity index (χ2v) is 3.54. The number of hydrogen-bond acceptors (Lipinski definition) is 3. The van der Waals surface area contributed by atoms with Gasteiger partial charge >= 0.3 is 0 Å². The first kappa shape index (κ1) is 11.2. The molecule has 0 bridgehead atoms. The zero-order valence-electron chi connectivity index (χ0n) is 8.59. The van der Waals surface area contributed by atoms with Gasteiger partial charge in [0.2, 0.25) is 11.1 Å². The summed E-state index contributed by atoms with van der Waals surface area (Å²) in [6.07, 6.45) is 1.42. The molecule has 0 N–H and O–H groups in total. The van der Waals surface area contributed by atoms with E-state index in [2.05, 4.69) is 14.8 Å². The van der Waals surface area contributed by atoms with E-state index in [1.165, 1.54) is 18.3 Å². The molecule has 5 heteroatoms. The summed E-state index contributed by atoms with van der Waals surface area (Å²) in [4.78, 5) is 22.8. The van der Waals surface area contributed by atoms with Crippen molar-refractivity contribution in [2.24, 2.45) is 0 Å². The van der Waals surface area contributed by atoms with E-state index >= 15 is 0 Å². The Labute approximate surface area is 103 Å². The zero-order valence-corrected chi connectivity index (χ0v) is 9.35. The number of ketones is 1. The molecule has 2 aromatic rings.